The van der Waals surface area contributed by atoms with Crippen LogP contribution in [-0.2, 0) is 0 Å². The van der Waals surface area contributed by atoms with Gasteiger partial charge in [-0.1, -0.05) is 13.0 Å². The molecule has 17 heavy (non-hydrogen) atoms. The molecular formula is C13H12N4. The van der Waals surface area contributed by atoms with E-state index in [1.807, 2.05) is 26.0 Å². The van der Waals surface area contributed by atoms with Crippen molar-refractivity contribution in [2.75, 3.05) is 0 Å². The first kappa shape index (κ1) is 10.1. The summed E-state index contributed by atoms with van der Waals surface area (Å²) in [6.07, 6.45) is 3.82. The van der Waals surface area contributed by atoms with Crippen LogP contribution in [0.1, 0.15) is 12.5 Å². The molecule has 84 valence electrons. The van der Waals surface area contributed by atoms with Crippen LogP contribution in [0.2, 0.25) is 0 Å². The van der Waals surface area contributed by atoms with Crippen LogP contribution in [-0.4, -0.2) is 15.8 Å². The van der Waals surface area contributed by atoms with E-state index in [1.54, 1.807) is 6.20 Å². The molecule has 0 bridgehead atoms. The monoisotopic (exact) mass is 224 g/mol. The van der Waals surface area contributed by atoms with Crippen molar-refractivity contribution in [2.24, 2.45) is 10.9 Å². The van der Waals surface area contributed by atoms with Gasteiger partial charge in [-0.05, 0) is 24.6 Å². The Labute approximate surface area is 98.3 Å². The number of nitrogens with zero attached hydrogens (tertiary/aromatic N) is 3. The molecule has 0 saturated heterocycles. The van der Waals surface area contributed by atoms with Gasteiger partial charge in [0.1, 0.15) is 5.84 Å². The Bertz CT molecular complexity index is 746. The molecule has 2 aromatic heterocycles. The van der Waals surface area contributed by atoms with Gasteiger partial charge in [-0.2, -0.15) is 0 Å². The van der Waals surface area contributed by atoms with Crippen LogP contribution in [0.5, 0.6) is 0 Å². The maximum Gasteiger partial charge on any atom is 0.163 e. The maximum atomic E-state index is 7.71. The number of rotatable bonds is 0. The Morgan fingerprint density at radius 3 is 2.94 bits per heavy atom. The third-order valence-corrected chi connectivity index (χ3v) is 2.90. The second-order valence-corrected chi connectivity index (χ2v) is 4.41. The average Bonchev–Trinajstić information content (AvgIpc) is 2.28. The summed E-state index contributed by atoms with van der Waals surface area (Å²) in [5, 5.41) is 9.73. The van der Waals surface area contributed by atoms with E-state index >= 15 is 0 Å². The number of hydrogen-bond donors (Lipinski definition) is 1. The molecule has 0 amide bonds. The first-order chi connectivity index (χ1) is 8.13. The molecule has 0 radical (unpaired) electrons. The summed E-state index contributed by atoms with van der Waals surface area (Å²) in [6, 6.07) is 4.11. The normalized spacial score (nSPS) is 18.5. The standard InChI is InChI=1S/C13H12N4/c1-7-3-9-5-10-4-8(2)11(14)16-13(10)17-12(9)15-6-7/h3-6,8,14H,1-2H3. The number of nitrogens with one attached hydrogen (secondary N) is 1. The largest absolute Gasteiger partial charge is 0.286 e. The van der Waals surface area contributed by atoms with Crippen LogP contribution in [0.3, 0.4) is 0 Å². The summed E-state index contributed by atoms with van der Waals surface area (Å²) in [6.45, 7) is 3.98. The SMILES string of the molecule is Cc1cnc2nc3c(cc2c1)=CC(C)C(=N)N=3. The molecule has 1 N–H and O–H groups in total. The van der Waals surface area contributed by atoms with E-state index in [4.69, 9.17) is 5.41 Å². The predicted octanol–water partition coefficient (Wildman–Crippen LogP) is 0.965. The summed E-state index contributed by atoms with van der Waals surface area (Å²) < 4.78 is 0. The molecule has 3 rings (SSSR count). The molecule has 1 unspecified atom stereocenters. The van der Waals surface area contributed by atoms with Gasteiger partial charge in [-0.3, -0.25) is 5.41 Å². The fourth-order valence-electron chi connectivity index (χ4n) is 1.96. The number of aryl methyl sites for hydroxylation is 1. The molecule has 2 aromatic rings. The highest BCUT2D eigenvalue weighted by atomic mass is 14.9. The zero-order valence-electron chi connectivity index (χ0n) is 9.73. The van der Waals surface area contributed by atoms with Gasteiger partial charge in [0.25, 0.3) is 0 Å². The fraction of sp³-hybridized carbons (Fsp3) is 0.231. The van der Waals surface area contributed by atoms with Crippen LogP contribution in [0.15, 0.2) is 23.3 Å². The Hall–Kier alpha value is -2.10. The summed E-state index contributed by atoms with van der Waals surface area (Å²) in [5.74, 6) is 0.413. The first-order valence-corrected chi connectivity index (χ1v) is 5.56. The number of pyridine rings is 2. The van der Waals surface area contributed by atoms with Crippen molar-refractivity contribution in [1.29, 1.82) is 5.41 Å². The van der Waals surface area contributed by atoms with Gasteiger partial charge in [0.2, 0.25) is 0 Å². The number of fused-ring (bicyclic) bond motifs is 2. The van der Waals surface area contributed by atoms with Gasteiger partial charge in [0.05, 0.1) is 0 Å². The van der Waals surface area contributed by atoms with Crippen LogP contribution < -0.4 is 10.7 Å². The summed E-state index contributed by atoms with van der Waals surface area (Å²) >= 11 is 0. The summed E-state index contributed by atoms with van der Waals surface area (Å²) in [4.78, 5) is 12.9. The lowest BCUT2D eigenvalue weighted by atomic mass is 10.1. The van der Waals surface area contributed by atoms with E-state index in [1.165, 1.54) is 0 Å². The third-order valence-electron chi connectivity index (χ3n) is 2.90. The van der Waals surface area contributed by atoms with E-state index in [0.717, 1.165) is 16.2 Å². The highest BCUT2D eigenvalue weighted by molar-refractivity contribution is 5.88. The molecule has 3 heterocycles. The molecule has 4 nitrogen and oxygen atoms in total. The molecule has 4 heteroatoms. The van der Waals surface area contributed by atoms with Crippen LogP contribution >= 0.6 is 0 Å². The highest BCUT2D eigenvalue weighted by Crippen LogP contribution is 2.08. The van der Waals surface area contributed by atoms with Crippen molar-refractivity contribution >= 4 is 22.9 Å². The minimum atomic E-state index is 0.0551. The number of amidine groups is 1. The van der Waals surface area contributed by atoms with Crippen LogP contribution in [0.4, 0.5) is 0 Å². The molecule has 0 fully saturated rings. The summed E-state index contributed by atoms with van der Waals surface area (Å²) in [7, 11) is 0. The fourth-order valence-corrected chi connectivity index (χ4v) is 1.96. The second-order valence-electron chi connectivity index (χ2n) is 4.41. The Kier molecular flexibility index (Phi) is 2.04. The minimum absolute atomic E-state index is 0.0551. The van der Waals surface area contributed by atoms with Gasteiger partial charge >= 0.3 is 0 Å². The van der Waals surface area contributed by atoms with Gasteiger partial charge < -0.3 is 0 Å². The zero-order valence-corrected chi connectivity index (χ0v) is 9.73. The Morgan fingerprint density at radius 1 is 1.29 bits per heavy atom. The first-order valence-electron chi connectivity index (χ1n) is 5.56. The van der Waals surface area contributed by atoms with Gasteiger partial charge in [0.15, 0.2) is 11.1 Å². The molecule has 0 spiro atoms. The zero-order chi connectivity index (χ0) is 12.0. The molecule has 1 aliphatic heterocycles. The van der Waals surface area contributed by atoms with Gasteiger partial charge in [-0.25, -0.2) is 15.0 Å². The van der Waals surface area contributed by atoms with Crippen molar-refractivity contribution in [3.63, 3.8) is 0 Å². The lowest BCUT2D eigenvalue weighted by Gasteiger charge is -2.08. The van der Waals surface area contributed by atoms with E-state index in [9.17, 15) is 0 Å². The molecule has 1 aliphatic rings. The molecule has 1 atom stereocenters. The number of aromatic nitrogens is 2. The second kappa shape index (κ2) is 3.45. The van der Waals surface area contributed by atoms with Crippen LogP contribution in [0, 0.1) is 18.3 Å². The van der Waals surface area contributed by atoms with Crippen molar-refractivity contribution in [2.45, 2.75) is 13.8 Å². The Balaban J connectivity index is 2.42. The minimum Gasteiger partial charge on any atom is -0.286 e. The third kappa shape index (κ3) is 1.62. The lowest BCUT2D eigenvalue weighted by Crippen LogP contribution is -2.35. The average molecular weight is 224 g/mol. The van der Waals surface area contributed by atoms with Gasteiger partial charge in [-0.15, -0.1) is 0 Å². The summed E-state index contributed by atoms with van der Waals surface area (Å²) in [5.41, 5.74) is 2.42. The van der Waals surface area contributed by atoms with Crippen molar-refractivity contribution in [1.82, 2.24) is 9.97 Å². The van der Waals surface area contributed by atoms with Crippen molar-refractivity contribution in [3.8, 4) is 0 Å². The topological polar surface area (TPSA) is 62.0 Å². The lowest BCUT2D eigenvalue weighted by molar-refractivity contribution is 0.966. The van der Waals surface area contributed by atoms with Crippen molar-refractivity contribution in [3.05, 3.63) is 34.6 Å². The number of hydrogen-bond acceptors (Lipinski definition) is 3. The molecular weight excluding hydrogens is 212 g/mol. The van der Waals surface area contributed by atoms with E-state index in [2.05, 4.69) is 21.0 Å². The van der Waals surface area contributed by atoms with Gasteiger partial charge in [0, 0.05) is 22.7 Å². The maximum absolute atomic E-state index is 7.71. The van der Waals surface area contributed by atoms with Crippen LogP contribution in [0.25, 0.3) is 17.1 Å². The quantitative estimate of drug-likeness (QED) is 0.724. The van der Waals surface area contributed by atoms with Crippen molar-refractivity contribution < 1.29 is 0 Å². The van der Waals surface area contributed by atoms with E-state index < -0.39 is 0 Å². The smallest absolute Gasteiger partial charge is 0.163 e. The predicted molar refractivity (Wildman–Crippen MR) is 66.4 cm³/mol. The molecule has 0 saturated carbocycles. The van der Waals surface area contributed by atoms with E-state index in [0.29, 0.717) is 17.0 Å². The molecule has 0 aliphatic carbocycles. The Morgan fingerprint density at radius 2 is 2.12 bits per heavy atom. The highest BCUT2D eigenvalue weighted by Gasteiger charge is 2.10. The molecule has 0 aromatic carbocycles. The van der Waals surface area contributed by atoms with E-state index in [-0.39, 0.29) is 5.92 Å².